The van der Waals surface area contributed by atoms with Gasteiger partial charge in [0.1, 0.15) is 0 Å². The van der Waals surface area contributed by atoms with E-state index in [1.54, 1.807) is 7.05 Å². The molecule has 5 nitrogen and oxygen atoms in total. The van der Waals surface area contributed by atoms with Crippen LogP contribution in [-0.2, 0) is 20.3 Å². The van der Waals surface area contributed by atoms with Crippen molar-refractivity contribution in [3.63, 3.8) is 0 Å². The maximum Gasteiger partial charge on any atom is 0.223 e. The highest BCUT2D eigenvalue weighted by Crippen LogP contribution is 2.12. The summed E-state index contributed by atoms with van der Waals surface area (Å²) in [6.45, 7) is -0.746. The predicted octanol–water partition coefficient (Wildman–Crippen LogP) is -0.925. The van der Waals surface area contributed by atoms with Crippen LogP contribution >= 0.6 is 0 Å². The van der Waals surface area contributed by atoms with E-state index in [-0.39, 0.29) is 12.3 Å². The van der Waals surface area contributed by atoms with Crippen LogP contribution in [0.25, 0.3) is 0 Å². The predicted molar refractivity (Wildman–Crippen MR) is 45.2 cm³/mol. The van der Waals surface area contributed by atoms with Crippen LogP contribution < -0.4 is 5.43 Å². The van der Waals surface area contributed by atoms with E-state index >= 15 is 0 Å². The van der Waals surface area contributed by atoms with E-state index in [4.69, 9.17) is 10.2 Å². The first-order valence-electron chi connectivity index (χ1n) is 3.74. The molecule has 13 heavy (non-hydrogen) atoms. The fourth-order valence-electron chi connectivity index (χ4n) is 1.12. The average Bonchev–Trinajstić information content (AvgIpc) is 2.12. The third-order valence-corrected chi connectivity index (χ3v) is 1.95. The fourth-order valence-corrected chi connectivity index (χ4v) is 1.12. The molecule has 0 saturated carbocycles. The molecule has 0 saturated heterocycles. The minimum atomic E-state index is -0.591. The molecule has 0 fully saturated rings. The summed E-state index contributed by atoms with van der Waals surface area (Å²) < 4.78 is 1.39. The topological polar surface area (TPSA) is 82.7 Å². The number of nitrogens with zero attached hydrogens (tertiary/aromatic N) is 1. The van der Waals surface area contributed by atoms with Gasteiger partial charge in [-0.25, -0.2) is 0 Å². The Kier molecular flexibility index (Phi) is 2.69. The monoisotopic (exact) mass is 185 g/mol. The Hall–Kier alpha value is -1.33. The van der Waals surface area contributed by atoms with Crippen molar-refractivity contribution in [2.45, 2.75) is 13.2 Å². The molecule has 0 aliphatic carbocycles. The number of pyridine rings is 1. The minimum Gasteiger partial charge on any atom is -0.503 e. The summed E-state index contributed by atoms with van der Waals surface area (Å²) in [4.78, 5) is 11.0. The molecule has 1 rings (SSSR count). The molecular formula is C8H11NO4. The standard InChI is InChI=1S/C8H11NO4/c1-9-5(3-10)2-7(12)8(13)6(9)4-11/h2,10-11,13H,3-4H2,1H3. The number of rotatable bonds is 2. The minimum absolute atomic E-state index is 0.108. The molecule has 0 aliphatic heterocycles. The van der Waals surface area contributed by atoms with Gasteiger partial charge in [-0.2, -0.15) is 0 Å². The molecule has 0 aromatic carbocycles. The summed E-state index contributed by atoms with van der Waals surface area (Å²) in [7, 11) is 1.55. The van der Waals surface area contributed by atoms with E-state index < -0.39 is 17.8 Å². The quantitative estimate of drug-likeness (QED) is 0.556. The summed E-state index contributed by atoms with van der Waals surface area (Å²) in [6.07, 6.45) is 0. The molecule has 0 unspecified atom stereocenters. The van der Waals surface area contributed by atoms with E-state index in [1.807, 2.05) is 0 Å². The highest BCUT2D eigenvalue weighted by molar-refractivity contribution is 5.29. The van der Waals surface area contributed by atoms with Crippen molar-refractivity contribution in [1.29, 1.82) is 0 Å². The maximum absolute atomic E-state index is 11.0. The second kappa shape index (κ2) is 3.59. The van der Waals surface area contributed by atoms with Gasteiger partial charge in [0.05, 0.1) is 18.9 Å². The van der Waals surface area contributed by atoms with Crippen molar-refractivity contribution < 1.29 is 15.3 Å². The van der Waals surface area contributed by atoms with Crippen molar-refractivity contribution in [2.75, 3.05) is 0 Å². The van der Waals surface area contributed by atoms with E-state index in [1.165, 1.54) is 4.57 Å². The lowest BCUT2D eigenvalue weighted by atomic mass is 10.2. The Labute approximate surface area is 74.5 Å². The third kappa shape index (κ3) is 1.56. The van der Waals surface area contributed by atoms with Gasteiger partial charge < -0.3 is 19.9 Å². The van der Waals surface area contributed by atoms with E-state index in [0.717, 1.165) is 6.07 Å². The Balaban J connectivity index is 3.48. The van der Waals surface area contributed by atoms with Crippen molar-refractivity contribution in [3.8, 4) is 5.75 Å². The van der Waals surface area contributed by atoms with Gasteiger partial charge in [0.15, 0.2) is 5.75 Å². The van der Waals surface area contributed by atoms with Gasteiger partial charge >= 0.3 is 0 Å². The molecule has 3 N–H and O–H groups in total. The summed E-state index contributed by atoms with van der Waals surface area (Å²) in [5.74, 6) is -0.470. The number of aromatic hydroxyl groups is 1. The maximum atomic E-state index is 11.0. The molecule has 0 atom stereocenters. The normalized spacial score (nSPS) is 10.4. The van der Waals surface area contributed by atoms with Crippen LogP contribution in [0.15, 0.2) is 10.9 Å². The van der Waals surface area contributed by atoms with Gasteiger partial charge in [0, 0.05) is 18.8 Å². The smallest absolute Gasteiger partial charge is 0.223 e. The molecule has 0 radical (unpaired) electrons. The van der Waals surface area contributed by atoms with Gasteiger partial charge in [0.25, 0.3) is 0 Å². The highest BCUT2D eigenvalue weighted by Gasteiger charge is 2.10. The Morgan fingerprint density at radius 3 is 2.46 bits per heavy atom. The van der Waals surface area contributed by atoms with Crippen LogP contribution in [0.2, 0.25) is 0 Å². The van der Waals surface area contributed by atoms with Crippen LogP contribution in [0.5, 0.6) is 5.75 Å². The fraction of sp³-hybridized carbons (Fsp3) is 0.375. The van der Waals surface area contributed by atoms with Gasteiger partial charge in [-0.15, -0.1) is 0 Å². The molecule has 0 bridgehead atoms. The van der Waals surface area contributed by atoms with Crippen LogP contribution in [0.1, 0.15) is 11.4 Å². The van der Waals surface area contributed by atoms with Crippen molar-refractivity contribution in [3.05, 3.63) is 27.7 Å². The zero-order valence-corrected chi connectivity index (χ0v) is 7.19. The lowest BCUT2D eigenvalue weighted by Gasteiger charge is -2.11. The molecule has 0 amide bonds. The second-order valence-electron chi connectivity index (χ2n) is 2.67. The molecule has 72 valence electrons. The van der Waals surface area contributed by atoms with Gasteiger partial charge in [-0.1, -0.05) is 0 Å². The number of aromatic nitrogens is 1. The Morgan fingerprint density at radius 2 is 2.00 bits per heavy atom. The first kappa shape index (κ1) is 9.76. The zero-order chi connectivity index (χ0) is 10.0. The van der Waals surface area contributed by atoms with Crippen molar-refractivity contribution >= 4 is 0 Å². The molecule has 1 aromatic heterocycles. The molecule has 1 aromatic rings. The number of aliphatic hydroxyl groups excluding tert-OH is 2. The van der Waals surface area contributed by atoms with E-state index in [9.17, 15) is 9.90 Å². The number of hydrogen-bond donors (Lipinski definition) is 3. The molecule has 0 spiro atoms. The molecule has 5 heteroatoms. The van der Waals surface area contributed by atoms with Gasteiger partial charge in [0.2, 0.25) is 5.43 Å². The Bertz CT molecular complexity index is 369. The average molecular weight is 185 g/mol. The highest BCUT2D eigenvalue weighted by atomic mass is 16.3. The summed E-state index contributed by atoms with van der Waals surface area (Å²) in [6, 6.07) is 1.13. The lowest BCUT2D eigenvalue weighted by molar-refractivity contribution is 0.249. The van der Waals surface area contributed by atoms with E-state index in [2.05, 4.69) is 0 Å². The summed E-state index contributed by atoms with van der Waals surface area (Å²) >= 11 is 0. The number of aliphatic hydroxyl groups is 2. The third-order valence-electron chi connectivity index (χ3n) is 1.95. The summed E-state index contributed by atoms with van der Waals surface area (Å²) in [5.41, 5.74) is -0.130. The molecule has 1 heterocycles. The van der Waals surface area contributed by atoms with Crippen molar-refractivity contribution in [1.82, 2.24) is 4.57 Å². The first-order chi connectivity index (χ1) is 6.11. The van der Waals surface area contributed by atoms with Crippen LogP contribution in [0.4, 0.5) is 0 Å². The van der Waals surface area contributed by atoms with Gasteiger partial charge in [-0.05, 0) is 0 Å². The van der Waals surface area contributed by atoms with Crippen molar-refractivity contribution in [2.24, 2.45) is 7.05 Å². The Morgan fingerprint density at radius 1 is 1.38 bits per heavy atom. The molecular weight excluding hydrogens is 174 g/mol. The largest absolute Gasteiger partial charge is 0.503 e. The SMILES string of the molecule is Cn1c(CO)cc(=O)c(O)c1CO. The van der Waals surface area contributed by atoms with Gasteiger partial charge in [-0.3, -0.25) is 4.79 Å². The number of hydrogen-bond acceptors (Lipinski definition) is 4. The summed E-state index contributed by atoms with van der Waals surface area (Å²) in [5, 5.41) is 26.9. The first-order valence-corrected chi connectivity index (χ1v) is 3.74. The van der Waals surface area contributed by atoms with Crippen LogP contribution in [-0.4, -0.2) is 19.9 Å². The lowest BCUT2D eigenvalue weighted by Crippen LogP contribution is -2.15. The zero-order valence-electron chi connectivity index (χ0n) is 7.19. The van der Waals surface area contributed by atoms with Crippen LogP contribution in [0.3, 0.4) is 0 Å². The molecule has 0 aliphatic rings. The second-order valence-corrected chi connectivity index (χ2v) is 2.67. The van der Waals surface area contributed by atoms with Crippen LogP contribution in [0, 0.1) is 0 Å². The van der Waals surface area contributed by atoms with E-state index in [0.29, 0.717) is 5.69 Å².